The van der Waals surface area contributed by atoms with Crippen molar-refractivity contribution in [2.24, 2.45) is 16.6 Å². The Hall–Kier alpha value is -1.43. The molecule has 0 saturated heterocycles. The standard InChI is InChI=1S/C14H15Cl3N4O/c1-7(2)14(22)20-21-4-3-19-13(18)12(21)9-5-8(15)6-10(16)11(9)17/h3,5-7H,4,18H2,1-2H3,(H,20,22). The predicted molar refractivity (Wildman–Crippen MR) is 90.8 cm³/mol. The molecule has 2 rings (SSSR count). The Balaban J connectivity index is 2.48. The molecule has 8 heteroatoms. The maximum Gasteiger partial charge on any atom is 0.241 e. The van der Waals surface area contributed by atoms with Crippen LogP contribution in [-0.2, 0) is 4.79 Å². The molecule has 22 heavy (non-hydrogen) atoms. The van der Waals surface area contributed by atoms with Crippen LogP contribution in [0.15, 0.2) is 22.9 Å². The van der Waals surface area contributed by atoms with Gasteiger partial charge in [0.25, 0.3) is 0 Å². The minimum absolute atomic E-state index is 0.148. The van der Waals surface area contributed by atoms with Crippen molar-refractivity contribution in [1.82, 2.24) is 10.4 Å². The third-order valence-corrected chi connectivity index (χ3v) is 4.05. The number of halogens is 3. The zero-order valence-electron chi connectivity index (χ0n) is 12.0. The smallest absolute Gasteiger partial charge is 0.241 e. The molecule has 118 valence electrons. The quantitative estimate of drug-likeness (QED) is 0.811. The normalized spacial score (nSPS) is 14.7. The number of hydrogen-bond donors (Lipinski definition) is 2. The van der Waals surface area contributed by atoms with E-state index in [0.717, 1.165) is 0 Å². The Bertz CT molecular complexity index is 670. The van der Waals surface area contributed by atoms with Crippen molar-refractivity contribution in [2.75, 3.05) is 6.54 Å². The maximum atomic E-state index is 12.0. The van der Waals surface area contributed by atoms with Crippen molar-refractivity contribution < 1.29 is 4.79 Å². The van der Waals surface area contributed by atoms with Crippen molar-refractivity contribution in [3.05, 3.63) is 38.6 Å². The monoisotopic (exact) mass is 360 g/mol. The van der Waals surface area contributed by atoms with Crippen LogP contribution in [0.1, 0.15) is 19.4 Å². The van der Waals surface area contributed by atoms with E-state index in [4.69, 9.17) is 40.5 Å². The van der Waals surface area contributed by atoms with Gasteiger partial charge in [-0.1, -0.05) is 48.7 Å². The lowest BCUT2D eigenvalue weighted by atomic mass is 10.1. The highest BCUT2D eigenvalue weighted by Gasteiger charge is 2.24. The Labute approximate surface area is 143 Å². The van der Waals surface area contributed by atoms with Crippen LogP contribution in [0.4, 0.5) is 0 Å². The largest absolute Gasteiger partial charge is 0.382 e. The predicted octanol–water partition coefficient (Wildman–Crippen LogP) is 3.31. The number of rotatable bonds is 3. The second-order valence-electron chi connectivity index (χ2n) is 5.04. The lowest BCUT2D eigenvalue weighted by Crippen LogP contribution is -2.45. The number of amides is 1. The molecule has 1 heterocycles. The first kappa shape index (κ1) is 16.9. The van der Waals surface area contributed by atoms with Crippen LogP contribution in [0, 0.1) is 5.92 Å². The summed E-state index contributed by atoms with van der Waals surface area (Å²) >= 11 is 18.4. The Morgan fingerprint density at radius 1 is 1.36 bits per heavy atom. The molecule has 0 fully saturated rings. The molecule has 3 N–H and O–H groups in total. The molecule has 1 aromatic rings. The Morgan fingerprint density at radius 3 is 2.68 bits per heavy atom. The van der Waals surface area contributed by atoms with Crippen LogP contribution in [-0.4, -0.2) is 23.7 Å². The third-order valence-electron chi connectivity index (χ3n) is 3.02. The van der Waals surface area contributed by atoms with Gasteiger partial charge in [-0.15, -0.1) is 0 Å². The highest BCUT2D eigenvalue weighted by atomic mass is 35.5. The highest BCUT2D eigenvalue weighted by molar-refractivity contribution is 6.44. The highest BCUT2D eigenvalue weighted by Crippen LogP contribution is 2.36. The second kappa shape index (κ2) is 6.77. The average molecular weight is 362 g/mol. The van der Waals surface area contributed by atoms with E-state index in [1.165, 1.54) is 6.07 Å². The molecule has 0 bridgehead atoms. The fourth-order valence-corrected chi connectivity index (χ4v) is 2.58. The Kier molecular flexibility index (Phi) is 5.21. The molecule has 0 spiro atoms. The molecule has 1 aromatic carbocycles. The first-order valence-corrected chi connectivity index (χ1v) is 7.70. The number of hydrazine groups is 1. The SMILES string of the molecule is CC(C)C(=O)NN1CC=NC(N)=C1c1cc(Cl)cc(Cl)c1Cl. The lowest BCUT2D eigenvalue weighted by Gasteiger charge is -2.30. The summed E-state index contributed by atoms with van der Waals surface area (Å²) in [5.74, 6) is -0.111. The number of carbonyl (C=O) groups excluding carboxylic acids is 1. The van der Waals surface area contributed by atoms with Crippen molar-refractivity contribution in [1.29, 1.82) is 0 Å². The molecule has 1 aliphatic heterocycles. The van der Waals surface area contributed by atoms with Gasteiger partial charge in [0, 0.05) is 22.7 Å². The molecule has 0 unspecified atom stereocenters. The lowest BCUT2D eigenvalue weighted by molar-refractivity contribution is -0.127. The van der Waals surface area contributed by atoms with Crippen LogP contribution < -0.4 is 11.2 Å². The van der Waals surface area contributed by atoms with Gasteiger partial charge in [0.1, 0.15) is 11.5 Å². The van der Waals surface area contributed by atoms with E-state index >= 15 is 0 Å². The van der Waals surface area contributed by atoms with E-state index in [0.29, 0.717) is 32.9 Å². The Morgan fingerprint density at radius 2 is 2.05 bits per heavy atom. The summed E-state index contributed by atoms with van der Waals surface area (Å²) in [5, 5.41) is 2.59. The van der Waals surface area contributed by atoms with Gasteiger partial charge in [-0.05, 0) is 12.1 Å². The summed E-state index contributed by atoms with van der Waals surface area (Å²) in [6.07, 6.45) is 1.60. The zero-order chi connectivity index (χ0) is 16.4. The molecular weight excluding hydrogens is 347 g/mol. The van der Waals surface area contributed by atoms with Crippen LogP contribution in [0.2, 0.25) is 15.1 Å². The number of nitrogens with zero attached hydrogens (tertiary/aromatic N) is 2. The van der Waals surface area contributed by atoms with Gasteiger partial charge in [0.2, 0.25) is 5.91 Å². The molecule has 0 radical (unpaired) electrons. The summed E-state index contributed by atoms with van der Waals surface area (Å²) in [6, 6.07) is 3.17. The molecule has 0 saturated carbocycles. The first-order valence-electron chi connectivity index (χ1n) is 6.56. The van der Waals surface area contributed by atoms with Gasteiger partial charge in [0.15, 0.2) is 0 Å². The minimum atomic E-state index is -0.181. The summed E-state index contributed by atoms with van der Waals surface area (Å²) in [5.41, 5.74) is 9.73. The van der Waals surface area contributed by atoms with Gasteiger partial charge in [0.05, 0.1) is 16.6 Å². The third kappa shape index (κ3) is 3.48. The molecule has 0 aromatic heterocycles. The number of carbonyl (C=O) groups is 1. The van der Waals surface area contributed by atoms with Crippen LogP contribution in [0.5, 0.6) is 0 Å². The van der Waals surface area contributed by atoms with Gasteiger partial charge < -0.3 is 5.73 Å². The number of benzene rings is 1. The average Bonchev–Trinajstić information content (AvgIpc) is 2.43. The zero-order valence-corrected chi connectivity index (χ0v) is 14.3. The topological polar surface area (TPSA) is 70.7 Å². The van der Waals surface area contributed by atoms with Crippen LogP contribution >= 0.6 is 34.8 Å². The van der Waals surface area contributed by atoms with E-state index in [9.17, 15) is 4.79 Å². The first-order chi connectivity index (χ1) is 10.3. The second-order valence-corrected chi connectivity index (χ2v) is 6.26. The van der Waals surface area contributed by atoms with Crippen molar-refractivity contribution in [2.45, 2.75) is 13.8 Å². The molecule has 0 atom stereocenters. The van der Waals surface area contributed by atoms with Crippen molar-refractivity contribution >= 4 is 52.6 Å². The maximum absolute atomic E-state index is 12.0. The number of hydrogen-bond acceptors (Lipinski definition) is 4. The number of nitrogens with one attached hydrogen (secondary N) is 1. The van der Waals surface area contributed by atoms with E-state index < -0.39 is 0 Å². The van der Waals surface area contributed by atoms with Crippen LogP contribution in [0.25, 0.3) is 5.70 Å². The molecule has 0 aliphatic carbocycles. The van der Waals surface area contributed by atoms with Crippen molar-refractivity contribution in [3.8, 4) is 0 Å². The number of nitrogens with two attached hydrogens (primary N) is 1. The van der Waals surface area contributed by atoms with Gasteiger partial charge >= 0.3 is 0 Å². The molecule has 5 nitrogen and oxygen atoms in total. The summed E-state index contributed by atoms with van der Waals surface area (Å²) in [6.45, 7) is 3.95. The van der Waals surface area contributed by atoms with E-state index in [1.54, 1.807) is 31.1 Å². The molecular formula is C14H15Cl3N4O. The van der Waals surface area contributed by atoms with Crippen LogP contribution in [0.3, 0.4) is 0 Å². The van der Waals surface area contributed by atoms with Gasteiger partial charge in [-0.3, -0.25) is 15.2 Å². The van der Waals surface area contributed by atoms with E-state index in [2.05, 4.69) is 10.4 Å². The van der Waals surface area contributed by atoms with E-state index in [1.807, 2.05) is 0 Å². The fourth-order valence-electron chi connectivity index (χ4n) is 1.89. The summed E-state index contributed by atoms with van der Waals surface area (Å²) < 4.78 is 0. The van der Waals surface area contributed by atoms with Gasteiger partial charge in [-0.2, -0.15) is 0 Å². The minimum Gasteiger partial charge on any atom is -0.382 e. The number of aliphatic imine (C=N–C) groups is 1. The van der Waals surface area contributed by atoms with Crippen molar-refractivity contribution in [3.63, 3.8) is 0 Å². The summed E-state index contributed by atoms with van der Waals surface area (Å²) in [4.78, 5) is 16.1. The fraction of sp³-hybridized carbons (Fsp3) is 0.286. The summed E-state index contributed by atoms with van der Waals surface area (Å²) in [7, 11) is 0. The van der Waals surface area contributed by atoms with Gasteiger partial charge in [-0.25, -0.2) is 4.99 Å². The molecule has 1 aliphatic rings. The van der Waals surface area contributed by atoms with E-state index in [-0.39, 0.29) is 17.6 Å². The molecule has 1 amide bonds.